The summed E-state index contributed by atoms with van der Waals surface area (Å²) in [5, 5.41) is 12.4. The summed E-state index contributed by atoms with van der Waals surface area (Å²) < 4.78 is 0. The third-order valence-corrected chi connectivity index (χ3v) is 5.64. The Bertz CT molecular complexity index is 596. The molecule has 0 bridgehead atoms. The van der Waals surface area contributed by atoms with E-state index in [-0.39, 0.29) is 11.9 Å². The minimum Gasteiger partial charge on any atom is -0.480 e. The number of nitrogens with zero attached hydrogens (tertiary/aromatic N) is 1. The Labute approximate surface area is 143 Å². The van der Waals surface area contributed by atoms with Crippen molar-refractivity contribution in [3.8, 4) is 0 Å². The summed E-state index contributed by atoms with van der Waals surface area (Å²) in [5.41, 5.74) is 0.627. The molecule has 1 aromatic carbocycles. The number of likely N-dealkylation sites (N-methyl/N-ethyl adjacent to an activating group) is 1. The third kappa shape index (κ3) is 3.18. The van der Waals surface area contributed by atoms with Crippen LogP contribution in [0.4, 0.5) is 0 Å². The predicted molar refractivity (Wildman–Crippen MR) is 91.8 cm³/mol. The lowest BCUT2D eigenvalue weighted by Crippen LogP contribution is -2.49. The smallest absolute Gasteiger partial charge is 0.320 e. The quantitative estimate of drug-likeness (QED) is 0.888. The maximum absolute atomic E-state index is 13.2. The first-order chi connectivity index (χ1) is 11.5. The van der Waals surface area contributed by atoms with Crippen molar-refractivity contribution < 1.29 is 14.7 Å². The van der Waals surface area contributed by atoms with Crippen molar-refractivity contribution in [1.29, 1.82) is 0 Å². The monoisotopic (exact) mass is 330 g/mol. The van der Waals surface area contributed by atoms with E-state index < -0.39 is 17.4 Å². The van der Waals surface area contributed by atoms with Crippen LogP contribution in [0.15, 0.2) is 30.3 Å². The number of carbonyl (C=O) groups is 2. The van der Waals surface area contributed by atoms with Crippen molar-refractivity contribution >= 4 is 11.9 Å². The first-order valence-corrected chi connectivity index (χ1v) is 8.82. The number of carbonyl (C=O) groups excluding carboxylic acids is 1. The molecule has 2 aliphatic rings. The van der Waals surface area contributed by atoms with E-state index in [1.54, 1.807) is 7.05 Å². The summed E-state index contributed by atoms with van der Waals surface area (Å²) in [6, 6.07) is 9.45. The molecule has 1 aliphatic heterocycles. The fraction of sp³-hybridized carbons (Fsp3) is 0.579. The van der Waals surface area contributed by atoms with Crippen LogP contribution < -0.4 is 5.32 Å². The van der Waals surface area contributed by atoms with Crippen LogP contribution in [0.5, 0.6) is 0 Å². The third-order valence-electron chi connectivity index (χ3n) is 5.64. The average molecular weight is 330 g/mol. The van der Waals surface area contributed by atoms with E-state index in [4.69, 9.17) is 0 Å². The lowest BCUT2D eigenvalue weighted by molar-refractivity contribution is -0.141. The van der Waals surface area contributed by atoms with Crippen LogP contribution in [0.1, 0.15) is 44.1 Å². The molecule has 3 rings (SSSR count). The predicted octanol–water partition coefficient (Wildman–Crippen LogP) is 2.16. The average Bonchev–Trinajstić information content (AvgIpc) is 2.97. The van der Waals surface area contributed by atoms with Gasteiger partial charge in [0, 0.05) is 12.6 Å². The highest BCUT2D eigenvalue weighted by Crippen LogP contribution is 2.40. The molecule has 1 saturated heterocycles. The maximum atomic E-state index is 13.2. The van der Waals surface area contributed by atoms with Crippen LogP contribution in [0.25, 0.3) is 0 Å². The molecule has 1 heterocycles. The number of likely N-dealkylation sites (tertiary alicyclic amines) is 1. The van der Waals surface area contributed by atoms with E-state index >= 15 is 0 Å². The van der Waals surface area contributed by atoms with Crippen molar-refractivity contribution in [1.82, 2.24) is 10.2 Å². The molecule has 5 heteroatoms. The second-order valence-electron chi connectivity index (χ2n) is 7.21. The molecule has 1 aromatic rings. The number of hydrogen-bond acceptors (Lipinski definition) is 3. The molecule has 24 heavy (non-hydrogen) atoms. The van der Waals surface area contributed by atoms with Gasteiger partial charge in [-0.25, -0.2) is 0 Å². The molecule has 1 saturated carbocycles. The summed E-state index contributed by atoms with van der Waals surface area (Å²) in [4.78, 5) is 26.3. The van der Waals surface area contributed by atoms with Crippen LogP contribution in [-0.4, -0.2) is 47.6 Å². The zero-order valence-electron chi connectivity index (χ0n) is 14.2. The summed E-state index contributed by atoms with van der Waals surface area (Å²) >= 11 is 0. The van der Waals surface area contributed by atoms with E-state index in [0.717, 1.165) is 31.2 Å². The van der Waals surface area contributed by atoms with Crippen LogP contribution >= 0.6 is 0 Å². The number of benzene rings is 1. The molecule has 1 aliphatic carbocycles. The van der Waals surface area contributed by atoms with Crippen molar-refractivity contribution in [3.05, 3.63) is 35.9 Å². The minimum absolute atomic E-state index is 0.0674. The van der Waals surface area contributed by atoms with Crippen LogP contribution in [0.3, 0.4) is 0 Å². The molecule has 0 spiro atoms. The fourth-order valence-corrected chi connectivity index (χ4v) is 4.28. The first kappa shape index (κ1) is 17.0. The number of hydrogen-bond donors (Lipinski definition) is 2. The van der Waals surface area contributed by atoms with Crippen LogP contribution in [0.2, 0.25) is 0 Å². The summed E-state index contributed by atoms with van der Waals surface area (Å²) in [6.45, 7) is 0.591. The highest BCUT2D eigenvalue weighted by Gasteiger charge is 2.43. The van der Waals surface area contributed by atoms with Crippen LogP contribution in [-0.2, 0) is 15.0 Å². The van der Waals surface area contributed by atoms with Crippen molar-refractivity contribution in [2.24, 2.45) is 0 Å². The topological polar surface area (TPSA) is 69.6 Å². The lowest BCUT2D eigenvalue weighted by Gasteiger charge is -2.37. The molecule has 2 atom stereocenters. The van der Waals surface area contributed by atoms with E-state index in [1.807, 2.05) is 35.2 Å². The lowest BCUT2D eigenvalue weighted by atomic mass is 9.68. The van der Waals surface area contributed by atoms with Gasteiger partial charge < -0.3 is 10.4 Å². The van der Waals surface area contributed by atoms with E-state index in [2.05, 4.69) is 5.32 Å². The molecule has 0 radical (unpaired) electrons. The highest BCUT2D eigenvalue weighted by atomic mass is 16.4. The first-order valence-electron chi connectivity index (χ1n) is 8.82. The summed E-state index contributed by atoms with van der Waals surface area (Å²) in [5.74, 6) is -0.748. The van der Waals surface area contributed by atoms with Gasteiger partial charge in [0.15, 0.2) is 0 Å². The highest BCUT2D eigenvalue weighted by molar-refractivity contribution is 5.88. The number of amides is 1. The number of rotatable bonds is 4. The Balaban J connectivity index is 1.77. The van der Waals surface area contributed by atoms with Crippen molar-refractivity contribution in [3.63, 3.8) is 0 Å². The molecule has 2 fully saturated rings. The van der Waals surface area contributed by atoms with Gasteiger partial charge in [-0.3, -0.25) is 14.5 Å². The SMILES string of the molecule is CN1C[C@@H](NC(=O)C2(c3ccccc3)CCCCC2)C[C@H]1C(=O)O. The minimum atomic E-state index is -0.815. The van der Waals surface area contributed by atoms with Gasteiger partial charge in [-0.05, 0) is 31.9 Å². The Kier molecular flexibility index (Phi) is 4.90. The van der Waals surface area contributed by atoms with Gasteiger partial charge in [0.05, 0.1) is 5.41 Å². The molecular weight excluding hydrogens is 304 g/mol. The van der Waals surface area contributed by atoms with Crippen molar-refractivity contribution in [2.75, 3.05) is 13.6 Å². The Hall–Kier alpha value is -1.88. The summed E-state index contributed by atoms with van der Waals surface area (Å²) in [6.07, 6.45) is 5.51. The molecule has 0 unspecified atom stereocenters. The molecule has 5 nitrogen and oxygen atoms in total. The molecule has 1 amide bonds. The zero-order valence-corrected chi connectivity index (χ0v) is 14.2. The zero-order chi connectivity index (χ0) is 17.2. The normalized spacial score (nSPS) is 26.9. The van der Waals surface area contributed by atoms with Gasteiger partial charge in [-0.15, -0.1) is 0 Å². The van der Waals surface area contributed by atoms with Gasteiger partial charge in [-0.1, -0.05) is 49.6 Å². The van der Waals surface area contributed by atoms with E-state index in [0.29, 0.717) is 13.0 Å². The Morgan fingerprint density at radius 1 is 1.17 bits per heavy atom. The molecule has 130 valence electrons. The molecule has 0 aromatic heterocycles. The van der Waals surface area contributed by atoms with Crippen LogP contribution in [0, 0.1) is 0 Å². The van der Waals surface area contributed by atoms with E-state index in [1.165, 1.54) is 6.42 Å². The standard InChI is InChI=1S/C19H26N2O3/c1-21-13-15(12-16(21)17(22)23)20-18(24)19(10-6-3-7-11-19)14-8-4-2-5-9-14/h2,4-5,8-9,15-16H,3,6-7,10-13H2,1H3,(H,20,24)(H,22,23)/t15-,16-/m0/s1. The van der Waals surface area contributed by atoms with Gasteiger partial charge >= 0.3 is 5.97 Å². The second-order valence-corrected chi connectivity index (χ2v) is 7.21. The second kappa shape index (κ2) is 6.93. The van der Waals surface area contributed by atoms with E-state index in [9.17, 15) is 14.7 Å². The largest absolute Gasteiger partial charge is 0.480 e. The number of carboxylic acids is 1. The Morgan fingerprint density at radius 2 is 1.83 bits per heavy atom. The summed E-state index contributed by atoms with van der Waals surface area (Å²) in [7, 11) is 1.80. The maximum Gasteiger partial charge on any atom is 0.320 e. The van der Waals surface area contributed by atoms with Gasteiger partial charge in [0.2, 0.25) is 5.91 Å². The van der Waals surface area contributed by atoms with Gasteiger partial charge in [0.25, 0.3) is 0 Å². The molecular formula is C19H26N2O3. The van der Waals surface area contributed by atoms with Crippen molar-refractivity contribution in [2.45, 2.75) is 56.0 Å². The number of aliphatic carboxylic acids is 1. The van der Waals surface area contributed by atoms with Gasteiger partial charge in [-0.2, -0.15) is 0 Å². The number of carboxylic acid groups (broad SMARTS) is 1. The number of nitrogens with one attached hydrogen (secondary N) is 1. The fourth-order valence-electron chi connectivity index (χ4n) is 4.28. The Morgan fingerprint density at radius 3 is 2.42 bits per heavy atom. The van der Waals surface area contributed by atoms with Gasteiger partial charge in [0.1, 0.15) is 6.04 Å². The molecule has 2 N–H and O–H groups in total.